The third-order valence-electron chi connectivity index (χ3n) is 2.81. The molecule has 0 saturated heterocycles. The topological polar surface area (TPSA) is 12.9 Å². The third-order valence-corrected chi connectivity index (χ3v) is 4.38. The van der Waals surface area contributed by atoms with Crippen LogP contribution in [0, 0.1) is 11.6 Å². The van der Waals surface area contributed by atoms with E-state index in [2.05, 4.69) is 20.9 Å². The largest absolute Gasteiger partial charge is 0.236 e. The maximum Gasteiger partial charge on any atom is 0.132 e. The van der Waals surface area contributed by atoms with Crippen molar-refractivity contribution in [1.82, 2.24) is 4.98 Å². The Morgan fingerprint density at radius 2 is 1.80 bits per heavy atom. The van der Waals surface area contributed by atoms with Crippen LogP contribution in [0.4, 0.5) is 8.78 Å². The van der Waals surface area contributed by atoms with Crippen LogP contribution in [0.2, 0.25) is 0 Å². The smallest absolute Gasteiger partial charge is 0.132 e. The summed E-state index contributed by atoms with van der Waals surface area (Å²) in [4.78, 5) is 4.40. The molecule has 0 N–H and O–H groups in total. The molecule has 1 aromatic heterocycles. The lowest BCUT2D eigenvalue weighted by atomic mass is 10.1. The van der Waals surface area contributed by atoms with E-state index in [-0.39, 0.29) is 5.56 Å². The van der Waals surface area contributed by atoms with E-state index in [9.17, 15) is 8.78 Å². The Balaban J connectivity index is 2.07. The molecule has 0 saturated carbocycles. The normalized spacial score (nSPS) is 10.8. The Hall–Kier alpha value is -1.59. The van der Waals surface area contributed by atoms with Gasteiger partial charge in [-0.3, -0.25) is 0 Å². The zero-order valence-electron chi connectivity index (χ0n) is 10.1. The summed E-state index contributed by atoms with van der Waals surface area (Å²) in [5, 5.41) is 2.49. The van der Waals surface area contributed by atoms with E-state index in [1.807, 2.05) is 24.3 Å². The van der Waals surface area contributed by atoms with Crippen LogP contribution in [-0.2, 0) is 0 Å². The average molecular weight is 352 g/mol. The molecule has 2 aromatic carbocycles. The van der Waals surface area contributed by atoms with Crippen LogP contribution in [0.25, 0.3) is 21.8 Å². The quantitative estimate of drug-likeness (QED) is 0.592. The molecule has 0 radical (unpaired) electrons. The lowest BCUT2D eigenvalue weighted by Crippen LogP contribution is -1.87. The molecule has 0 spiro atoms. The van der Waals surface area contributed by atoms with Crippen LogP contribution in [0.1, 0.15) is 0 Å². The summed E-state index contributed by atoms with van der Waals surface area (Å²) >= 11 is 4.85. The molecule has 3 rings (SSSR count). The van der Waals surface area contributed by atoms with E-state index in [1.165, 1.54) is 11.3 Å². The van der Waals surface area contributed by atoms with Crippen LogP contribution in [0.15, 0.2) is 52.3 Å². The second-order valence-electron chi connectivity index (χ2n) is 4.14. The van der Waals surface area contributed by atoms with E-state index in [0.717, 1.165) is 33.2 Å². The molecule has 0 aliphatic heterocycles. The summed E-state index contributed by atoms with van der Waals surface area (Å²) in [6, 6.07) is 11.0. The van der Waals surface area contributed by atoms with Crippen molar-refractivity contribution in [3.8, 4) is 21.8 Å². The predicted octanol–water partition coefficient (Wildman–Crippen LogP) is 5.52. The molecule has 0 aliphatic carbocycles. The lowest BCUT2D eigenvalue weighted by molar-refractivity contribution is 0.603. The lowest BCUT2D eigenvalue weighted by Gasteiger charge is -2.00. The molecule has 0 atom stereocenters. The van der Waals surface area contributed by atoms with Crippen molar-refractivity contribution in [3.05, 3.63) is 64.0 Å². The number of aromatic nitrogens is 1. The molecule has 0 amide bonds. The second kappa shape index (κ2) is 5.42. The Labute approximate surface area is 127 Å². The van der Waals surface area contributed by atoms with Gasteiger partial charge in [0.15, 0.2) is 0 Å². The average Bonchev–Trinajstić information content (AvgIpc) is 2.91. The molecule has 5 heteroatoms. The summed E-state index contributed by atoms with van der Waals surface area (Å²) in [7, 11) is 0. The van der Waals surface area contributed by atoms with Gasteiger partial charge in [0.1, 0.15) is 16.6 Å². The number of thiazole rings is 1. The third kappa shape index (κ3) is 2.51. The Bertz CT molecular complexity index is 770. The van der Waals surface area contributed by atoms with Crippen molar-refractivity contribution in [3.63, 3.8) is 0 Å². The number of nitrogens with zero attached hydrogens (tertiary/aromatic N) is 1. The molecule has 0 fully saturated rings. The second-order valence-corrected chi connectivity index (χ2v) is 5.85. The van der Waals surface area contributed by atoms with E-state index in [1.54, 1.807) is 5.38 Å². The highest BCUT2D eigenvalue weighted by Gasteiger charge is 2.12. The Morgan fingerprint density at radius 3 is 2.60 bits per heavy atom. The van der Waals surface area contributed by atoms with Gasteiger partial charge >= 0.3 is 0 Å². The van der Waals surface area contributed by atoms with Crippen LogP contribution < -0.4 is 0 Å². The zero-order valence-corrected chi connectivity index (χ0v) is 12.5. The standard InChI is InChI=1S/C15H8BrF2NS/c16-12-4-2-1-3-10(12)15-19-14(8-20-15)11-7-9(17)5-6-13(11)18/h1-8H. The van der Waals surface area contributed by atoms with Crippen LogP contribution in [0.5, 0.6) is 0 Å². The van der Waals surface area contributed by atoms with Crippen LogP contribution >= 0.6 is 27.3 Å². The van der Waals surface area contributed by atoms with Gasteiger partial charge in [0, 0.05) is 21.0 Å². The van der Waals surface area contributed by atoms with Crippen molar-refractivity contribution >= 4 is 27.3 Å². The first-order valence-corrected chi connectivity index (χ1v) is 7.48. The molecule has 1 nitrogen and oxygen atoms in total. The van der Waals surface area contributed by atoms with E-state index in [4.69, 9.17) is 0 Å². The van der Waals surface area contributed by atoms with Gasteiger partial charge < -0.3 is 0 Å². The van der Waals surface area contributed by atoms with Crippen molar-refractivity contribution in [1.29, 1.82) is 0 Å². The molecule has 0 aliphatic rings. The van der Waals surface area contributed by atoms with E-state index < -0.39 is 11.6 Å². The molecule has 0 bridgehead atoms. The molecule has 1 heterocycles. The fraction of sp³-hybridized carbons (Fsp3) is 0. The molecule has 20 heavy (non-hydrogen) atoms. The highest BCUT2D eigenvalue weighted by molar-refractivity contribution is 9.10. The van der Waals surface area contributed by atoms with Crippen molar-refractivity contribution in [2.24, 2.45) is 0 Å². The monoisotopic (exact) mass is 351 g/mol. The SMILES string of the molecule is Fc1ccc(F)c(-c2csc(-c3ccccc3Br)n2)c1. The minimum atomic E-state index is -0.477. The van der Waals surface area contributed by atoms with Gasteiger partial charge in [-0.1, -0.05) is 34.1 Å². The summed E-state index contributed by atoms with van der Waals surface area (Å²) in [6.45, 7) is 0. The fourth-order valence-corrected chi connectivity index (χ4v) is 3.31. The zero-order chi connectivity index (χ0) is 14.1. The first-order valence-electron chi connectivity index (χ1n) is 5.81. The summed E-state index contributed by atoms with van der Waals surface area (Å²) in [6.07, 6.45) is 0. The van der Waals surface area contributed by atoms with E-state index in [0.29, 0.717) is 5.69 Å². The van der Waals surface area contributed by atoms with Crippen molar-refractivity contribution in [2.45, 2.75) is 0 Å². The van der Waals surface area contributed by atoms with Gasteiger partial charge in [-0.2, -0.15) is 0 Å². The number of rotatable bonds is 2. The first-order chi connectivity index (χ1) is 9.65. The van der Waals surface area contributed by atoms with Gasteiger partial charge in [0.05, 0.1) is 5.69 Å². The highest BCUT2D eigenvalue weighted by atomic mass is 79.9. The summed E-state index contributed by atoms with van der Waals surface area (Å²) < 4.78 is 27.9. The molecular formula is C15H8BrF2NS. The van der Waals surface area contributed by atoms with Crippen LogP contribution in [-0.4, -0.2) is 4.98 Å². The minimum absolute atomic E-state index is 0.180. The van der Waals surface area contributed by atoms with Gasteiger partial charge in [0.2, 0.25) is 0 Å². The van der Waals surface area contributed by atoms with Gasteiger partial charge in [-0.05, 0) is 24.3 Å². The Kier molecular flexibility index (Phi) is 3.63. The van der Waals surface area contributed by atoms with Crippen molar-refractivity contribution in [2.75, 3.05) is 0 Å². The number of benzene rings is 2. The Morgan fingerprint density at radius 1 is 1.00 bits per heavy atom. The van der Waals surface area contributed by atoms with Gasteiger partial charge in [0.25, 0.3) is 0 Å². The van der Waals surface area contributed by atoms with Gasteiger partial charge in [-0.25, -0.2) is 13.8 Å². The maximum absolute atomic E-state index is 13.7. The molecule has 0 unspecified atom stereocenters. The van der Waals surface area contributed by atoms with E-state index >= 15 is 0 Å². The minimum Gasteiger partial charge on any atom is -0.236 e. The summed E-state index contributed by atoms with van der Waals surface area (Å²) in [5.41, 5.74) is 1.55. The number of hydrogen-bond donors (Lipinski definition) is 0. The fourth-order valence-electron chi connectivity index (χ4n) is 1.85. The van der Waals surface area contributed by atoms with Gasteiger partial charge in [-0.15, -0.1) is 11.3 Å². The first kappa shape index (κ1) is 13.4. The highest BCUT2D eigenvalue weighted by Crippen LogP contribution is 2.34. The number of halogens is 3. The van der Waals surface area contributed by atoms with Crippen LogP contribution in [0.3, 0.4) is 0 Å². The molecule has 100 valence electrons. The summed E-state index contributed by atoms with van der Waals surface area (Å²) in [5.74, 6) is -0.952. The number of hydrogen-bond acceptors (Lipinski definition) is 2. The maximum atomic E-state index is 13.7. The molecule has 3 aromatic rings. The van der Waals surface area contributed by atoms with Crippen molar-refractivity contribution < 1.29 is 8.78 Å². The molecular weight excluding hydrogens is 344 g/mol. The predicted molar refractivity (Wildman–Crippen MR) is 80.6 cm³/mol.